The highest BCUT2D eigenvalue weighted by atomic mass is 35.5. The second-order valence-electron chi connectivity index (χ2n) is 4.43. The Bertz CT molecular complexity index is 391. The Hall–Kier alpha value is -1.22. The highest BCUT2D eigenvalue weighted by Gasteiger charge is 2.29. The Morgan fingerprint density at radius 3 is 2.65 bits per heavy atom. The van der Waals surface area contributed by atoms with E-state index in [2.05, 4.69) is 0 Å². The molecule has 2 rings (SSSR count). The number of aryl methyl sites for hydroxylation is 1. The number of rotatable bonds is 4. The molecule has 0 bridgehead atoms. The first-order valence-corrected chi connectivity index (χ1v) is 5.77. The molecule has 2 N–H and O–H groups in total. The first-order chi connectivity index (χ1) is 7.68. The smallest absolute Gasteiger partial charge is 0.222 e. The third-order valence-electron chi connectivity index (χ3n) is 3.15. The summed E-state index contributed by atoms with van der Waals surface area (Å²) in [5, 5.41) is 0. The minimum absolute atomic E-state index is 0. The van der Waals surface area contributed by atoms with Gasteiger partial charge in [-0.25, -0.2) is 0 Å². The number of para-hydroxylation sites is 1. The summed E-state index contributed by atoms with van der Waals surface area (Å²) >= 11 is 0. The summed E-state index contributed by atoms with van der Waals surface area (Å²) in [6.07, 6.45) is 3.62. The molecule has 94 valence electrons. The van der Waals surface area contributed by atoms with E-state index in [0.717, 1.165) is 30.5 Å². The molecule has 1 aromatic rings. The van der Waals surface area contributed by atoms with Crippen LogP contribution in [0.1, 0.15) is 24.8 Å². The average molecular weight is 255 g/mol. The molecule has 0 atom stereocenters. The number of benzene rings is 1. The molecule has 0 spiro atoms. The lowest BCUT2D eigenvalue weighted by molar-refractivity contribution is -0.130. The average Bonchev–Trinajstić information content (AvgIpc) is 3.10. The maximum absolute atomic E-state index is 11.8. The van der Waals surface area contributed by atoms with E-state index < -0.39 is 0 Å². The Kier molecular flexibility index (Phi) is 4.82. The lowest BCUT2D eigenvalue weighted by Crippen LogP contribution is -2.28. The van der Waals surface area contributed by atoms with Gasteiger partial charge in [-0.2, -0.15) is 0 Å². The Labute approximate surface area is 108 Å². The molecule has 4 heteroatoms. The van der Waals surface area contributed by atoms with Gasteiger partial charge in [-0.05, 0) is 30.9 Å². The second-order valence-corrected chi connectivity index (χ2v) is 4.43. The zero-order chi connectivity index (χ0) is 11.5. The van der Waals surface area contributed by atoms with Gasteiger partial charge in [0.05, 0.1) is 0 Å². The van der Waals surface area contributed by atoms with E-state index in [9.17, 15) is 4.79 Å². The van der Waals surface area contributed by atoms with Crippen LogP contribution in [0.15, 0.2) is 24.3 Å². The Morgan fingerprint density at radius 2 is 2.06 bits per heavy atom. The maximum atomic E-state index is 11.8. The number of nitrogens with two attached hydrogens (primary N) is 1. The largest absolute Gasteiger partial charge is 0.399 e. The Balaban J connectivity index is 0.00000144. The Morgan fingerprint density at radius 1 is 1.41 bits per heavy atom. The fraction of sp³-hybridized carbons (Fsp3) is 0.462. The molecule has 17 heavy (non-hydrogen) atoms. The number of hydrogen-bond acceptors (Lipinski definition) is 2. The van der Waals surface area contributed by atoms with Crippen molar-refractivity contribution in [3.8, 4) is 0 Å². The third-order valence-corrected chi connectivity index (χ3v) is 3.15. The summed E-state index contributed by atoms with van der Waals surface area (Å²) in [7, 11) is 1.90. The van der Waals surface area contributed by atoms with E-state index in [1.54, 1.807) is 0 Å². The highest BCUT2D eigenvalue weighted by molar-refractivity contribution is 5.85. The molecule has 0 radical (unpaired) electrons. The van der Waals surface area contributed by atoms with E-state index in [0.29, 0.717) is 12.5 Å². The molecule has 0 unspecified atom stereocenters. The van der Waals surface area contributed by atoms with Gasteiger partial charge in [0.2, 0.25) is 5.91 Å². The van der Waals surface area contributed by atoms with Crippen LogP contribution < -0.4 is 5.73 Å². The molecule has 0 saturated heterocycles. The first kappa shape index (κ1) is 13.8. The van der Waals surface area contributed by atoms with Crippen molar-refractivity contribution in [2.75, 3.05) is 12.8 Å². The molecule has 1 amide bonds. The number of nitrogen functional groups attached to an aromatic ring is 1. The van der Waals surface area contributed by atoms with Gasteiger partial charge in [-0.1, -0.05) is 18.2 Å². The van der Waals surface area contributed by atoms with Gasteiger partial charge in [0.15, 0.2) is 0 Å². The van der Waals surface area contributed by atoms with Gasteiger partial charge in [0.1, 0.15) is 0 Å². The number of halogens is 1. The number of carbonyl (C=O) groups excluding carboxylic acids is 1. The predicted molar refractivity (Wildman–Crippen MR) is 72.2 cm³/mol. The molecule has 0 aliphatic heterocycles. The van der Waals surface area contributed by atoms with Crippen molar-refractivity contribution < 1.29 is 4.79 Å². The second kappa shape index (κ2) is 5.92. The van der Waals surface area contributed by atoms with Crippen LogP contribution in [0.25, 0.3) is 0 Å². The molecular formula is C13H19ClN2O. The van der Waals surface area contributed by atoms with Crippen molar-refractivity contribution in [2.24, 2.45) is 0 Å². The topological polar surface area (TPSA) is 46.3 Å². The first-order valence-electron chi connectivity index (χ1n) is 5.77. The fourth-order valence-corrected chi connectivity index (χ4v) is 1.85. The standard InChI is InChI=1S/C13H18N2O.ClH/c1-15(11-7-8-11)13(16)9-6-10-4-2-3-5-12(10)14;/h2-5,11H,6-9,14H2,1H3;1H. The normalized spacial score (nSPS) is 13.9. The van der Waals surface area contributed by atoms with Gasteiger partial charge in [-0.3, -0.25) is 4.79 Å². The minimum Gasteiger partial charge on any atom is -0.399 e. The molecule has 1 fully saturated rings. The lowest BCUT2D eigenvalue weighted by atomic mass is 10.1. The molecule has 1 saturated carbocycles. The number of amides is 1. The van der Waals surface area contributed by atoms with Gasteiger partial charge in [0, 0.05) is 25.2 Å². The van der Waals surface area contributed by atoms with Crippen LogP contribution in [0.3, 0.4) is 0 Å². The van der Waals surface area contributed by atoms with Crippen molar-refractivity contribution in [2.45, 2.75) is 31.7 Å². The third kappa shape index (κ3) is 3.63. The van der Waals surface area contributed by atoms with E-state index in [1.807, 2.05) is 36.2 Å². The van der Waals surface area contributed by atoms with Crippen LogP contribution in [0.2, 0.25) is 0 Å². The van der Waals surface area contributed by atoms with Crippen LogP contribution in [0, 0.1) is 0 Å². The van der Waals surface area contributed by atoms with Crippen molar-refractivity contribution in [3.63, 3.8) is 0 Å². The van der Waals surface area contributed by atoms with Crippen LogP contribution in [0.5, 0.6) is 0 Å². The van der Waals surface area contributed by atoms with Gasteiger partial charge in [0.25, 0.3) is 0 Å². The molecular weight excluding hydrogens is 236 g/mol. The summed E-state index contributed by atoms with van der Waals surface area (Å²) in [6, 6.07) is 8.24. The van der Waals surface area contributed by atoms with Crippen molar-refractivity contribution >= 4 is 24.0 Å². The lowest BCUT2D eigenvalue weighted by Gasteiger charge is -2.16. The van der Waals surface area contributed by atoms with Crippen LogP contribution in [-0.4, -0.2) is 23.9 Å². The SMILES string of the molecule is CN(C(=O)CCc1ccccc1N)C1CC1.Cl. The van der Waals surface area contributed by atoms with Gasteiger partial charge < -0.3 is 10.6 Å². The summed E-state index contributed by atoms with van der Waals surface area (Å²) in [6.45, 7) is 0. The molecule has 0 heterocycles. The molecule has 1 aliphatic carbocycles. The minimum atomic E-state index is 0. The van der Waals surface area contributed by atoms with Crippen molar-refractivity contribution in [1.29, 1.82) is 0 Å². The zero-order valence-corrected chi connectivity index (χ0v) is 10.9. The highest BCUT2D eigenvalue weighted by Crippen LogP contribution is 2.26. The van der Waals surface area contributed by atoms with E-state index >= 15 is 0 Å². The maximum Gasteiger partial charge on any atom is 0.222 e. The molecule has 3 nitrogen and oxygen atoms in total. The van der Waals surface area contributed by atoms with E-state index in [1.165, 1.54) is 0 Å². The summed E-state index contributed by atoms with van der Waals surface area (Å²) < 4.78 is 0. The number of carbonyl (C=O) groups is 1. The summed E-state index contributed by atoms with van der Waals surface area (Å²) in [5.41, 5.74) is 7.68. The van der Waals surface area contributed by atoms with E-state index in [-0.39, 0.29) is 18.3 Å². The monoisotopic (exact) mass is 254 g/mol. The summed E-state index contributed by atoms with van der Waals surface area (Å²) in [5.74, 6) is 0.228. The molecule has 1 aromatic carbocycles. The summed E-state index contributed by atoms with van der Waals surface area (Å²) in [4.78, 5) is 13.7. The zero-order valence-electron chi connectivity index (χ0n) is 10.1. The van der Waals surface area contributed by atoms with Gasteiger partial charge in [-0.15, -0.1) is 12.4 Å². The van der Waals surface area contributed by atoms with E-state index in [4.69, 9.17) is 5.73 Å². The number of anilines is 1. The van der Waals surface area contributed by atoms with Crippen LogP contribution in [0.4, 0.5) is 5.69 Å². The number of hydrogen-bond donors (Lipinski definition) is 1. The predicted octanol–water partition coefficient (Wildman–Crippen LogP) is 2.24. The van der Waals surface area contributed by atoms with Crippen molar-refractivity contribution in [1.82, 2.24) is 4.90 Å². The van der Waals surface area contributed by atoms with Crippen molar-refractivity contribution in [3.05, 3.63) is 29.8 Å². The number of nitrogens with zero attached hydrogens (tertiary/aromatic N) is 1. The fourth-order valence-electron chi connectivity index (χ4n) is 1.85. The molecule has 1 aliphatic rings. The van der Waals surface area contributed by atoms with Crippen LogP contribution >= 0.6 is 12.4 Å². The molecule has 0 aromatic heterocycles. The van der Waals surface area contributed by atoms with Crippen LogP contribution in [-0.2, 0) is 11.2 Å². The van der Waals surface area contributed by atoms with Gasteiger partial charge >= 0.3 is 0 Å². The quantitative estimate of drug-likeness (QED) is 0.838.